The molecule has 2 aliphatic carbocycles. The van der Waals surface area contributed by atoms with E-state index in [1.54, 1.807) is 11.8 Å². The molecule has 0 heterocycles. The average Bonchev–Trinajstić information content (AvgIpc) is 2.88. The zero-order chi connectivity index (χ0) is 11.7. The van der Waals surface area contributed by atoms with Crippen molar-refractivity contribution < 1.29 is 9.90 Å². The van der Waals surface area contributed by atoms with Crippen molar-refractivity contribution in [3.8, 4) is 0 Å². The Morgan fingerprint density at radius 1 is 1.50 bits per heavy atom. The van der Waals surface area contributed by atoms with Gasteiger partial charge in [-0.05, 0) is 44.3 Å². The van der Waals surface area contributed by atoms with Crippen LogP contribution in [0.1, 0.15) is 26.2 Å². The third-order valence-electron chi connectivity index (χ3n) is 4.33. The van der Waals surface area contributed by atoms with E-state index in [2.05, 4.69) is 5.32 Å². The van der Waals surface area contributed by atoms with E-state index in [9.17, 15) is 9.90 Å². The Bertz CT molecular complexity index is 272. The molecule has 1 amide bonds. The van der Waals surface area contributed by atoms with Crippen LogP contribution in [0.15, 0.2) is 0 Å². The number of aliphatic hydroxyl groups is 1. The SMILES string of the molecule is CSC(C)C(=O)NC1C2CCC(C2)C1CO. The second-order valence-electron chi connectivity index (χ2n) is 5.09. The van der Waals surface area contributed by atoms with Crippen LogP contribution in [-0.4, -0.2) is 35.2 Å². The minimum Gasteiger partial charge on any atom is -0.396 e. The Hall–Kier alpha value is -0.220. The minimum absolute atomic E-state index is 0.0125. The Kier molecular flexibility index (Phi) is 3.80. The normalized spacial score (nSPS) is 38.7. The van der Waals surface area contributed by atoms with E-state index in [1.165, 1.54) is 19.3 Å². The van der Waals surface area contributed by atoms with Gasteiger partial charge in [0.05, 0.1) is 5.25 Å². The maximum atomic E-state index is 11.9. The summed E-state index contributed by atoms with van der Waals surface area (Å²) in [6.45, 7) is 2.15. The number of carbonyl (C=O) groups excluding carboxylic acids is 1. The van der Waals surface area contributed by atoms with Crippen molar-refractivity contribution in [2.24, 2.45) is 17.8 Å². The maximum Gasteiger partial charge on any atom is 0.233 e. The average molecular weight is 243 g/mol. The molecule has 0 aromatic rings. The number of rotatable bonds is 4. The van der Waals surface area contributed by atoms with E-state index in [-0.39, 0.29) is 23.8 Å². The monoisotopic (exact) mass is 243 g/mol. The molecule has 3 nitrogen and oxygen atoms in total. The largest absolute Gasteiger partial charge is 0.396 e. The molecule has 92 valence electrons. The molecule has 4 heteroatoms. The van der Waals surface area contributed by atoms with Crippen LogP contribution in [0.4, 0.5) is 0 Å². The zero-order valence-corrected chi connectivity index (χ0v) is 10.8. The second kappa shape index (κ2) is 4.96. The predicted molar refractivity (Wildman–Crippen MR) is 66.3 cm³/mol. The van der Waals surface area contributed by atoms with Crippen molar-refractivity contribution in [2.45, 2.75) is 37.5 Å². The number of carbonyl (C=O) groups is 1. The third-order valence-corrected chi connectivity index (χ3v) is 5.25. The molecule has 0 aliphatic heterocycles. The molecule has 0 radical (unpaired) electrons. The first-order valence-corrected chi connectivity index (χ1v) is 7.40. The Morgan fingerprint density at radius 2 is 2.19 bits per heavy atom. The molecule has 2 N–H and O–H groups in total. The fourth-order valence-electron chi connectivity index (χ4n) is 3.29. The highest BCUT2D eigenvalue weighted by molar-refractivity contribution is 7.99. The summed E-state index contributed by atoms with van der Waals surface area (Å²) >= 11 is 1.57. The van der Waals surface area contributed by atoms with Crippen molar-refractivity contribution in [1.29, 1.82) is 0 Å². The fourth-order valence-corrected chi connectivity index (χ4v) is 3.57. The van der Waals surface area contributed by atoms with Crippen molar-refractivity contribution in [3.63, 3.8) is 0 Å². The van der Waals surface area contributed by atoms with Crippen LogP contribution in [0.3, 0.4) is 0 Å². The van der Waals surface area contributed by atoms with E-state index in [1.807, 2.05) is 13.2 Å². The molecule has 0 saturated heterocycles. The standard InChI is InChI=1S/C12H21NO2S/c1-7(16-2)12(15)13-11-9-4-3-8(5-9)10(11)6-14/h7-11,14H,3-6H2,1-2H3,(H,13,15). The summed E-state index contributed by atoms with van der Waals surface area (Å²) in [7, 11) is 0. The number of hydrogen-bond acceptors (Lipinski definition) is 3. The van der Waals surface area contributed by atoms with Crippen LogP contribution in [0.5, 0.6) is 0 Å². The summed E-state index contributed by atoms with van der Waals surface area (Å²) in [6.07, 6.45) is 5.61. The first-order chi connectivity index (χ1) is 7.67. The van der Waals surface area contributed by atoms with Gasteiger partial charge in [-0.2, -0.15) is 11.8 Å². The summed E-state index contributed by atoms with van der Waals surface area (Å²) in [5.41, 5.74) is 0. The molecule has 2 rings (SSSR count). The smallest absolute Gasteiger partial charge is 0.233 e. The van der Waals surface area contributed by atoms with Gasteiger partial charge in [0.2, 0.25) is 5.91 Å². The topological polar surface area (TPSA) is 49.3 Å². The highest BCUT2D eigenvalue weighted by atomic mass is 32.2. The van der Waals surface area contributed by atoms with Gasteiger partial charge in [-0.15, -0.1) is 0 Å². The van der Waals surface area contributed by atoms with Gasteiger partial charge in [0.25, 0.3) is 0 Å². The molecule has 5 unspecified atom stereocenters. The number of aliphatic hydroxyl groups excluding tert-OH is 1. The van der Waals surface area contributed by atoms with Crippen LogP contribution in [0.25, 0.3) is 0 Å². The highest BCUT2D eigenvalue weighted by Crippen LogP contribution is 2.48. The van der Waals surface area contributed by atoms with E-state index < -0.39 is 0 Å². The lowest BCUT2D eigenvalue weighted by molar-refractivity contribution is -0.121. The molecule has 2 saturated carbocycles. The number of thioether (sulfide) groups is 1. The lowest BCUT2D eigenvalue weighted by Crippen LogP contribution is -2.47. The van der Waals surface area contributed by atoms with E-state index >= 15 is 0 Å². The van der Waals surface area contributed by atoms with Crippen molar-refractivity contribution in [2.75, 3.05) is 12.9 Å². The van der Waals surface area contributed by atoms with Crippen molar-refractivity contribution in [1.82, 2.24) is 5.32 Å². The molecule has 0 aromatic carbocycles. The van der Waals surface area contributed by atoms with E-state index in [0.717, 1.165) is 0 Å². The van der Waals surface area contributed by atoms with Gasteiger partial charge in [-0.3, -0.25) is 4.79 Å². The summed E-state index contributed by atoms with van der Waals surface area (Å²) in [5, 5.41) is 12.6. The highest BCUT2D eigenvalue weighted by Gasteiger charge is 2.47. The quantitative estimate of drug-likeness (QED) is 0.781. The molecule has 2 bridgehead atoms. The number of nitrogens with one attached hydrogen (secondary N) is 1. The molecule has 16 heavy (non-hydrogen) atoms. The minimum atomic E-state index is 0.0125. The maximum absolute atomic E-state index is 11.9. The summed E-state index contributed by atoms with van der Waals surface area (Å²) in [5.74, 6) is 1.69. The Balaban J connectivity index is 1.96. The number of fused-ring (bicyclic) bond motifs is 2. The van der Waals surface area contributed by atoms with Gasteiger partial charge in [0.1, 0.15) is 0 Å². The van der Waals surface area contributed by atoms with Crippen LogP contribution in [-0.2, 0) is 4.79 Å². The lowest BCUT2D eigenvalue weighted by atomic mass is 9.85. The second-order valence-corrected chi connectivity index (χ2v) is 6.27. The van der Waals surface area contributed by atoms with Crippen LogP contribution in [0, 0.1) is 17.8 Å². The Morgan fingerprint density at radius 3 is 2.81 bits per heavy atom. The van der Waals surface area contributed by atoms with E-state index in [4.69, 9.17) is 0 Å². The van der Waals surface area contributed by atoms with Gasteiger partial charge in [-0.25, -0.2) is 0 Å². The van der Waals surface area contributed by atoms with Gasteiger partial charge < -0.3 is 10.4 Å². The van der Waals surface area contributed by atoms with Gasteiger partial charge >= 0.3 is 0 Å². The predicted octanol–water partition coefficient (Wildman–Crippen LogP) is 1.26. The summed E-state index contributed by atoms with van der Waals surface area (Å²) < 4.78 is 0. The Labute approximate surface area is 101 Å². The lowest BCUT2D eigenvalue weighted by Gasteiger charge is -2.31. The molecule has 0 spiro atoms. The first-order valence-electron chi connectivity index (χ1n) is 6.11. The van der Waals surface area contributed by atoms with E-state index in [0.29, 0.717) is 17.8 Å². The molecule has 0 aromatic heterocycles. The van der Waals surface area contributed by atoms with Crippen molar-refractivity contribution >= 4 is 17.7 Å². The van der Waals surface area contributed by atoms with Crippen LogP contribution < -0.4 is 5.32 Å². The van der Waals surface area contributed by atoms with Gasteiger partial charge in [-0.1, -0.05) is 0 Å². The van der Waals surface area contributed by atoms with Gasteiger partial charge in [0.15, 0.2) is 0 Å². The summed E-state index contributed by atoms with van der Waals surface area (Å²) in [6, 6.07) is 0.228. The van der Waals surface area contributed by atoms with Gasteiger partial charge in [0, 0.05) is 18.6 Å². The number of hydrogen-bond donors (Lipinski definition) is 2. The zero-order valence-electron chi connectivity index (χ0n) is 9.98. The fraction of sp³-hybridized carbons (Fsp3) is 0.917. The third kappa shape index (κ3) is 2.09. The molecular weight excluding hydrogens is 222 g/mol. The first kappa shape index (κ1) is 12.2. The van der Waals surface area contributed by atoms with Crippen molar-refractivity contribution in [3.05, 3.63) is 0 Å². The molecular formula is C12H21NO2S. The molecule has 2 aliphatic rings. The molecule has 2 fully saturated rings. The summed E-state index contributed by atoms with van der Waals surface area (Å²) in [4.78, 5) is 11.9. The molecule has 5 atom stereocenters. The van der Waals surface area contributed by atoms with Crippen LogP contribution in [0.2, 0.25) is 0 Å². The number of amides is 1. The van der Waals surface area contributed by atoms with Crippen LogP contribution >= 0.6 is 11.8 Å².